The first-order chi connectivity index (χ1) is 15.7. The second-order valence-corrected chi connectivity index (χ2v) is 9.11. The molecule has 2 N–H and O–H groups in total. The number of hydroxylamine groups is 2. The number of nitrogens with one attached hydrogen (secondary N) is 1. The topological polar surface area (TPSA) is 116 Å². The summed E-state index contributed by atoms with van der Waals surface area (Å²) in [5, 5.41) is 12.7. The van der Waals surface area contributed by atoms with Crippen molar-refractivity contribution < 1.29 is 29.1 Å². The number of rotatable bonds is 12. The van der Waals surface area contributed by atoms with Gasteiger partial charge < -0.3 is 10.1 Å². The van der Waals surface area contributed by atoms with E-state index < -0.39 is 29.9 Å². The summed E-state index contributed by atoms with van der Waals surface area (Å²) in [5.41, 5.74) is 1.14. The fraction of sp³-hybridized carbons (Fsp3) is 0.565. The lowest BCUT2D eigenvalue weighted by atomic mass is 9.98. The van der Waals surface area contributed by atoms with Crippen molar-refractivity contribution in [3.8, 4) is 0 Å². The monoisotopic (exact) mass is 481 g/mol. The zero-order valence-corrected chi connectivity index (χ0v) is 20.6. The van der Waals surface area contributed by atoms with Gasteiger partial charge in [0, 0.05) is 37.4 Å². The number of carbonyl (C=O) groups excluding carboxylic acids is 4. The summed E-state index contributed by atoms with van der Waals surface area (Å²) in [7, 11) is 2.47. The van der Waals surface area contributed by atoms with E-state index in [2.05, 4.69) is 23.9 Å². The van der Waals surface area contributed by atoms with Gasteiger partial charge in [0.25, 0.3) is 5.91 Å². The highest BCUT2D eigenvalue weighted by atomic mass is 32.2. The van der Waals surface area contributed by atoms with Crippen LogP contribution >= 0.6 is 11.8 Å². The number of ether oxygens (including phenoxy) is 1. The van der Waals surface area contributed by atoms with E-state index in [9.17, 15) is 24.4 Å². The van der Waals surface area contributed by atoms with Crippen LogP contribution in [0.25, 0.3) is 0 Å². The van der Waals surface area contributed by atoms with Crippen LogP contribution in [-0.4, -0.2) is 65.6 Å². The maximum Gasteiger partial charge on any atom is 0.415 e. The molecule has 0 unspecified atom stereocenters. The molecule has 1 atom stereocenters. The van der Waals surface area contributed by atoms with Crippen LogP contribution < -0.4 is 5.32 Å². The lowest BCUT2D eigenvalue weighted by Gasteiger charge is -2.21. The van der Waals surface area contributed by atoms with Crippen LogP contribution in [0.5, 0.6) is 0 Å². The SMILES string of the molecule is COC(=O)N(C)C(=O)CCCNC(=O)N(O)C(=O)[C@H](CCC(C)C)CSCc1ccccc1. The predicted octanol–water partition coefficient (Wildman–Crippen LogP) is 3.90. The van der Waals surface area contributed by atoms with Gasteiger partial charge >= 0.3 is 12.1 Å². The van der Waals surface area contributed by atoms with Crippen LogP contribution in [0.2, 0.25) is 0 Å². The molecule has 1 aromatic carbocycles. The van der Waals surface area contributed by atoms with Crippen molar-refractivity contribution in [2.75, 3.05) is 26.5 Å². The molecule has 0 spiro atoms. The highest BCUT2D eigenvalue weighted by Gasteiger charge is 2.28. The Morgan fingerprint density at radius 1 is 1.12 bits per heavy atom. The molecule has 0 aromatic heterocycles. The number of imide groups is 2. The number of nitrogens with zero attached hydrogens (tertiary/aromatic N) is 2. The predicted molar refractivity (Wildman–Crippen MR) is 127 cm³/mol. The maximum absolute atomic E-state index is 12.8. The minimum absolute atomic E-state index is 0.00159. The molecule has 9 nitrogen and oxygen atoms in total. The Bertz CT molecular complexity index is 775. The molecule has 1 rings (SSSR count). The molecular weight excluding hydrogens is 446 g/mol. The lowest BCUT2D eigenvalue weighted by Crippen LogP contribution is -2.45. The van der Waals surface area contributed by atoms with Crippen LogP contribution in [0.3, 0.4) is 0 Å². The minimum Gasteiger partial charge on any atom is -0.452 e. The van der Waals surface area contributed by atoms with Crippen molar-refractivity contribution in [1.82, 2.24) is 15.3 Å². The summed E-state index contributed by atoms with van der Waals surface area (Å²) in [6.07, 6.45) is 0.828. The summed E-state index contributed by atoms with van der Waals surface area (Å²) in [6.45, 7) is 4.17. The molecule has 0 aliphatic rings. The fourth-order valence-electron chi connectivity index (χ4n) is 2.90. The van der Waals surface area contributed by atoms with Crippen LogP contribution in [0.4, 0.5) is 9.59 Å². The van der Waals surface area contributed by atoms with Crippen molar-refractivity contribution in [3.63, 3.8) is 0 Å². The second kappa shape index (κ2) is 15.3. The van der Waals surface area contributed by atoms with E-state index in [0.717, 1.165) is 22.6 Å². The van der Waals surface area contributed by atoms with Crippen LogP contribution in [0.1, 0.15) is 45.1 Å². The number of carbonyl (C=O) groups is 4. The lowest BCUT2D eigenvalue weighted by molar-refractivity contribution is -0.157. The summed E-state index contributed by atoms with van der Waals surface area (Å²) in [6, 6.07) is 8.94. The molecule has 0 bridgehead atoms. The van der Waals surface area contributed by atoms with Gasteiger partial charge in [-0.2, -0.15) is 11.8 Å². The number of amides is 5. The molecule has 0 saturated heterocycles. The standard InChI is InChI=1S/C23H35N3O6S/c1-17(2)12-13-19(16-33-15-18-9-6-5-7-10-18)21(28)26(31)22(29)24-14-8-11-20(27)25(3)23(30)32-4/h5-7,9-10,17,19,31H,8,11-16H2,1-4H3,(H,24,29)/t19-/m1/s1. The Kier molecular flexibility index (Phi) is 13.2. The number of thioether (sulfide) groups is 1. The highest BCUT2D eigenvalue weighted by Crippen LogP contribution is 2.22. The van der Waals surface area contributed by atoms with E-state index in [1.165, 1.54) is 14.2 Å². The van der Waals surface area contributed by atoms with Crippen molar-refractivity contribution in [1.29, 1.82) is 0 Å². The number of benzene rings is 1. The van der Waals surface area contributed by atoms with E-state index in [1.807, 2.05) is 30.3 Å². The van der Waals surface area contributed by atoms with Crippen LogP contribution in [-0.2, 0) is 20.1 Å². The third-order valence-electron chi connectivity index (χ3n) is 4.94. The Morgan fingerprint density at radius 2 is 1.79 bits per heavy atom. The normalized spacial score (nSPS) is 11.6. The van der Waals surface area contributed by atoms with Gasteiger partial charge in [0.1, 0.15) is 0 Å². The summed E-state index contributed by atoms with van der Waals surface area (Å²) < 4.78 is 4.46. The van der Waals surface area contributed by atoms with Crippen molar-refractivity contribution in [2.45, 2.75) is 45.3 Å². The molecule has 0 fully saturated rings. The first kappa shape index (κ1) is 28.4. The number of methoxy groups -OCH3 is 1. The third kappa shape index (κ3) is 10.7. The molecular formula is C23H35N3O6S. The molecule has 5 amide bonds. The van der Waals surface area contributed by atoms with Gasteiger partial charge in [-0.3, -0.25) is 19.7 Å². The van der Waals surface area contributed by atoms with Crippen molar-refractivity contribution >= 4 is 35.7 Å². The van der Waals surface area contributed by atoms with E-state index in [0.29, 0.717) is 18.1 Å². The largest absolute Gasteiger partial charge is 0.452 e. The molecule has 184 valence electrons. The zero-order valence-electron chi connectivity index (χ0n) is 19.8. The van der Waals surface area contributed by atoms with E-state index in [-0.39, 0.29) is 24.4 Å². The molecule has 1 aromatic rings. The average molecular weight is 482 g/mol. The van der Waals surface area contributed by atoms with Gasteiger partial charge in [0.05, 0.1) is 7.11 Å². The van der Waals surface area contributed by atoms with Gasteiger partial charge in [0.2, 0.25) is 5.91 Å². The van der Waals surface area contributed by atoms with Crippen molar-refractivity contribution in [3.05, 3.63) is 35.9 Å². The van der Waals surface area contributed by atoms with Gasteiger partial charge in [-0.15, -0.1) is 5.06 Å². The molecule has 33 heavy (non-hydrogen) atoms. The van der Waals surface area contributed by atoms with E-state index >= 15 is 0 Å². The highest BCUT2D eigenvalue weighted by molar-refractivity contribution is 7.98. The molecule has 10 heteroatoms. The number of hydrogen-bond acceptors (Lipinski definition) is 7. The van der Waals surface area contributed by atoms with E-state index in [1.54, 1.807) is 11.8 Å². The molecule has 0 aliphatic heterocycles. The minimum atomic E-state index is -0.934. The Hall–Kier alpha value is -2.59. The summed E-state index contributed by atoms with van der Waals surface area (Å²) in [4.78, 5) is 49.0. The van der Waals surface area contributed by atoms with Crippen LogP contribution in [0, 0.1) is 11.8 Å². The average Bonchev–Trinajstić information content (AvgIpc) is 2.82. The van der Waals surface area contributed by atoms with Crippen LogP contribution in [0.15, 0.2) is 30.3 Å². The smallest absolute Gasteiger partial charge is 0.415 e. The summed E-state index contributed by atoms with van der Waals surface area (Å²) >= 11 is 1.58. The quantitative estimate of drug-likeness (QED) is 0.264. The Balaban J connectivity index is 2.53. The Labute approximate surface area is 199 Å². The zero-order chi connectivity index (χ0) is 24.8. The molecule has 0 saturated carbocycles. The first-order valence-corrected chi connectivity index (χ1v) is 12.1. The number of urea groups is 1. The second-order valence-electron chi connectivity index (χ2n) is 8.08. The Morgan fingerprint density at radius 3 is 2.39 bits per heavy atom. The fourth-order valence-corrected chi connectivity index (χ4v) is 4.03. The first-order valence-electron chi connectivity index (χ1n) is 10.9. The van der Waals surface area contributed by atoms with Gasteiger partial charge in [-0.25, -0.2) is 9.59 Å². The number of hydrogen-bond donors (Lipinski definition) is 2. The third-order valence-corrected chi connectivity index (χ3v) is 6.12. The maximum atomic E-state index is 12.8. The molecule has 0 heterocycles. The van der Waals surface area contributed by atoms with E-state index in [4.69, 9.17) is 0 Å². The van der Waals surface area contributed by atoms with Crippen molar-refractivity contribution in [2.24, 2.45) is 11.8 Å². The summed E-state index contributed by atoms with van der Waals surface area (Å²) in [5.74, 6) is 0.0116. The van der Waals surface area contributed by atoms with Gasteiger partial charge in [-0.1, -0.05) is 50.6 Å². The van der Waals surface area contributed by atoms with Gasteiger partial charge in [-0.05, 0) is 24.3 Å². The molecule has 0 radical (unpaired) electrons. The molecule has 0 aliphatic carbocycles. The van der Waals surface area contributed by atoms with Gasteiger partial charge in [0.15, 0.2) is 0 Å².